The lowest BCUT2D eigenvalue weighted by Crippen LogP contribution is -2.44. The Kier molecular flexibility index (Phi) is 5.88. The standard InChI is InChI=1S/C17H27NO3/c1-17(14-19)9-3-10-18(13-17)11-4-12-21-16-7-5-15(20-2)6-8-16/h5-8,19H,3-4,9-14H2,1-2H3. The largest absolute Gasteiger partial charge is 0.497 e. The topological polar surface area (TPSA) is 41.9 Å². The van der Waals surface area contributed by atoms with Crippen LogP contribution in [0.15, 0.2) is 24.3 Å². The summed E-state index contributed by atoms with van der Waals surface area (Å²) in [6, 6.07) is 7.68. The van der Waals surface area contributed by atoms with E-state index >= 15 is 0 Å². The quantitative estimate of drug-likeness (QED) is 0.785. The molecular formula is C17H27NO3. The maximum atomic E-state index is 9.47. The van der Waals surface area contributed by atoms with Crippen LogP contribution < -0.4 is 9.47 Å². The van der Waals surface area contributed by atoms with Crippen LogP contribution in [0, 0.1) is 5.41 Å². The van der Waals surface area contributed by atoms with Crippen LogP contribution in [0.1, 0.15) is 26.2 Å². The summed E-state index contributed by atoms with van der Waals surface area (Å²) < 4.78 is 10.9. The Morgan fingerprint density at radius 2 is 1.95 bits per heavy atom. The Labute approximate surface area is 127 Å². The highest BCUT2D eigenvalue weighted by molar-refractivity contribution is 5.31. The lowest BCUT2D eigenvalue weighted by Gasteiger charge is -2.39. The van der Waals surface area contributed by atoms with Crippen molar-refractivity contribution in [3.05, 3.63) is 24.3 Å². The third-order valence-corrected chi connectivity index (χ3v) is 4.19. The number of aliphatic hydroxyl groups is 1. The van der Waals surface area contributed by atoms with Gasteiger partial charge in [0.05, 0.1) is 13.7 Å². The molecule has 0 bridgehead atoms. The number of likely N-dealkylation sites (tertiary alicyclic amines) is 1. The van der Waals surface area contributed by atoms with E-state index in [1.54, 1.807) is 7.11 Å². The van der Waals surface area contributed by atoms with E-state index < -0.39 is 0 Å². The van der Waals surface area contributed by atoms with Gasteiger partial charge in [-0.05, 0) is 50.1 Å². The molecule has 0 spiro atoms. The third kappa shape index (κ3) is 4.90. The summed E-state index contributed by atoms with van der Waals surface area (Å²) in [6.45, 7) is 6.34. The molecule has 1 heterocycles. The van der Waals surface area contributed by atoms with Crippen LogP contribution in [-0.2, 0) is 0 Å². The lowest BCUT2D eigenvalue weighted by molar-refractivity contribution is 0.0444. The molecule has 0 saturated carbocycles. The predicted molar refractivity (Wildman–Crippen MR) is 84.0 cm³/mol. The predicted octanol–water partition coefficient (Wildman–Crippen LogP) is 2.56. The van der Waals surface area contributed by atoms with Crippen molar-refractivity contribution >= 4 is 0 Å². The Morgan fingerprint density at radius 3 is 2.62 bits per heavy atom. The number of methoxy groups -OCH3 is 1. The number of piperidine rings is 1. The van der Waals surface area contributed by atoms with Gasteiger partial charge < -0.3 is 19.5 Å². The molecule has 0 aliphatic carbocycles. The Bertz CT molecular complexity index is 421. The van der Waals surface area contributed by atoms with E-state index in [2.05, 4.69) is 11.8 Å². The number of hydrogen-bond acceptors (Lipinski definition) is 4. The molecule has 1 atom stereocenters. The number of hydrogen-bond donors (Lipinski definition) is 1. The van der Waals surface area contributed by atoms with Crippen molar-refractivity contribution < 1.29 is 14.6 Å². The summed E-state index contributed by atoms with van der Waals surface area (Å²) in [6.07, 6.45) is 3.31. The van der Waals surface area contributed by atoms with Crippen molar-refractivity contribution in [1.82, 2.24) is 4.90 Å². The molecule has 1 aliphatic heterocycles. The first-order chi connectivity index (χ1) is 10.1. The van der Waals surface area contributed by atoms with E-state index in [4.69, 9.17) is 9.47 Å². The summed E-state index contributed by atoms with van der Waals surface area (Å²) in [4.78, 5) is 2.44. The average Bonchev–Trinajstić information content (AvgIpc) is 2.52. The van der Waals surface area contributed by atoms with Gasteiger partial charge in [-0.1, -0.05) is 6.92 Å². The molecule has 21 heavy (non-hydrogen) atoms. The fraction of sp³-hybridized carbons (Fsp3) is 0.647. The minimum absolute atomic E-state index is 0.0785. The van der Waals surface area contributed by atoms with Crippen molar-refractivity contribution in [2.24, 2.45) is 5.41 Å². The van der Waals surface area contributed by atoms with Gasteiger partial charge >= 0.3 is 0 Å². The zero-order valence-corrected chi connectivity index (χ0v) is 13.2. The molecule has 1 aromatic carbocycles. The SMILES string of the molecule is COc1ccc(OCCCN2CCCC(C)(CO)C2)cc1. The molecule has 1 aromatic rings. The van der Waals surface area contributed by atoms with Gasteiger partial charge in [-0.2, -0.15) is 0 Å². The molecule has 2 rings (SSSR count). The third-order valence-electron chi connectivity index (χ3n) is 4.19. The second-order valence-corrected chi connectivity index (χ2v) is 6.23. The van der Waals surface area contributed by atoms with Crippen molar-refractivity contribution in [1.29, 1.82) is 0 Å². The van der Waals surface area contributed by atoms with Crippen LogP contribution in [0.3, 0.4) is 0 Å². The number of rotatable bonds is 7. The van der Waals surface area contributed by atoms with Crippen LogP contribution >= 0.6 is 0 Å². The van der Waals surface area contributed by atoms with E-state index in [1.165, 1.54) is 6.42 Å². The van der Waals surface area contributed by atoms with E-state index in [0.29, 0.717) is 0 Å². The van der Waals surface area contributed by atoms with Crippen LogP contribution in [0.2, 0.25) is 0 Å². The van der Waals surface area contributed by atoms with Crippen LogP contribution in [-0.4, -0.2) is 50.0 Å². The highest BCUT2D eigenvalue weighted by Gasteiger charge is 2.29. The smallest absolute Gasteiger partial charge is 0.119 e. The summed E-state index contributed by atoms with van der Waals surface area (Å²) in [5.74, 6) is 1.73. The van der Waals surface area contributed by atoms with E-state index in [0.717, 1.165) is 50.6 Å². The van der Waals surface area contributed by atoms with Gasteiger partial charge in [-0.15, -0.1) is 0 Å². The van der Waals surface area contributed by atoms with Gasteiger partial charge in [0.15, 0.2) is 0 Å². The number of nitrogens with zero attached hydrogens (tertiary/aromatic N) is 1. The number of benzene rings is 1. The fourth-order valence-corrected chi connectivity index (χ4v) is 2.90. The molecule has 0 amide bonds. The molecule has 118 valence electrons. The minimum atomic E-state index is 0.0785. The van der Waals surface area contributed by atoms with Crippen LogP contribution in [0.5, 0.6) is 11.5 Å². The minimum Gasteiger partial charge on any atom is -0.497 e. The first-order valence-corrected chi connectivity index (χ1v) is 7.75. The summed E-state index contributed by atoms with van der Waals surface area (Å²) in [5, 5.41) is 9.47. The highest BCUT2D eigenvalue weighted by Crippen LogP contribution is 2.28. The molecule has 1 saturated heterocycles. The van der Waals surface area contributed by atoms with Gasteiger partial charge in [0.1, 0.15) is 11.5 Å². The number of ether oxygens (including phenoxy) is 2. The number of aliphatic hydroxyl groups excluding tert-OH is 1. The first kappa shape index (κ1) is 16.1. The van der Waals surface area contributed by atoms with Crippen molar-refractivity contribution in [3.8, 4) is 11.5 Å². The Hall–Kier alpha value is -1.26. The molecule has 1 N–H and O–H groups in total. The average molecular weight is 293 g/mol. The van der Waals surface area contributed by atoms with Gasteiger partial charge in [0.2, 0.25) is 0 Å². The lowest BCUT2D eigenvalue weighted by atomic mass is 9.83. The van der Waals surface area contributed by atoms with Crippen molar-refractivity contribution in [3.63, 3.8) is 0 Å². The Balaban J connectivity index is 1.67. The normalized spacial score (nSPS) is 23.0. The van der Waals surface area contributed by atoms with E-state index in [-0.39, 0.29) is 12.0 Å². The maximum absolute atomic E-state index is 9.47. The summed E-state index contributed by atoms with van der Waals surface area (Å²) in [5.41, 5.74) is 0.0785. The summed E-state index contributed by atoms with van der Waals surface area (Å²) >= 11 is 0. The first-order valence-electron chi connectivity index (χ1n) is 7.75. The zero-order valence-electron chi connectivity index (χ0n) is 13.2. The van der Waals surface area contributed by atoms with Gasteiger partial charge in [0, 0.05) is 25.1 Å². The molecule has 0 aromatic heterocycles. The van der Waals surface area contributed by atoms with Crippen molar-refractivity contribution in [2.75, 3.05) is 40.0 Å². The molecule has 0 radical (unpaired) electrons. The molecule has 4 heteroatoms. The Morgan fingerprint density at radius 1 is 1.24 bits per heavy atom. The highest BCUT2D eigenvalue weighted by atomic mass is 16.5. The van der Waals surface area contributed by atoms with Crippen molar-refractivity contribution in [2.45, 2.75) is 26.2 Å². The zero-order chi connectivity index (χ0) is 15.1. The monoisotopic (exact) mass is 293 g/mol. The molecule has 1 unspecified atom stereocenters. The van der Waals surface area contributed by atoms with E-state index in [9.17, 15) is 5.11 Å². The molecule has 4 nitrogen and oxygen atoms in total. The molecule has 1 fully saturated rings. The van der Waals surface area contributed by atoms with Crippen LogP contribution in [0.25, 0.3) is 0 Å². The molecular weight excluding hydrogens is 266 g/mol. The molecule has 1 aliphatic rings. The van der Waals surface area contributed by atoms with Gasteiger partial charge in [-0.3, -0.25) is 0 Å². The maximum Gasteiger partial charge on any atom is 0.119 e. The van der Waals surface area contributed by atoms with E-state index in [1.807, 2.05) is 24.3 Å². The fourth-order valence-electron chi connectivity index (χ4n) is 2.90. The van der Waals surface area contributed by atoms with Crippen LogP contribution in [0.4, 0.5) is 0 Å². The summed E-state index contributed by atoms with van der Waals surface area (Å²) in [7, 11) is 1.66. The second kappa shape index (κ2) is 7.66. The second-order valence-electron chi connectivity index (χ2n) is 6.23. The van der Waals surface area contributed by atoms with Gasteiger partial charge in [-0.25, -0.2) is 0 Å². The van der Waals surface area contributed by atoms with Gasteiger partial charge in [0.25, 0.3) is 0 Å².